The lowest BCUT2D eigenvalue weighted by Crippen LogP contribution is -2.51. The molecule has 4 aliphatic rings. The number of carbonyl (C=O) groups excluding carboxylic acids is 1. The van der Waals surface area contributed by atoms with Gasteiger partial charge in [-0.1, -0.05) is 150 Å². The van der Waals surface area contributed by atoms with E-state index in [1.54, 1.807) is 5.57 Å². The fourth-order valence-electron chi connectivity index (χ4n) is 11.9. The molecule has 3 fully saturated rings. The first-order valence-electron chi connectivity index (χ1n) is 21.5. The fourth-order valence-corrected chi connectivity index (χ4v) is 11.9. The third kappa shape index (κ3) is 10.1. The zero-order chi connectivity index (χ0) is 33.9. The van der Waals surface area contributed by atoms with E-state index in [4.69, 9.17) is 4.74 Å². The highest BCUT2D eigenvalue weighted by molar-refractivity contribution is 5.69. The standard InChI is InChI=1S/C45H80O2/c1-8-10-11-12-13-14-15-16-17-18-19-20-21-22-43(46)47-38-29-31-44(6)37(33-38)25-26-39-41-28-27-40(45(41,7)32-30-42(39)44)35(5)23-24-36(9-2)34(3)4/h25,34-36,38-42H,8-24,26-33H2,1-7H3/t35-,36?,38+,39?,40-,41+,42+,44+,45-/m1/s1. The van der Waals surface area contributed by atoms with Gasteiger partial charge in [-0.2, -0.15) is 0 Å². The second-order valence-electron chi connectivity index (χ2n) is 18.3. The Balaban J connectivity index is 1.16. The predicted octanol–water partition coefficient (Wildman–Crippen LogP) is 14.1. The summed E-state index contributed by atoms with van der Waals surface area (Å²) < 4.78 is 6.14. The minimum Gasteiger partial charge on any atom is -0.462 e. The Hall–Kier alpha value is -0.790. The summed E-state index contributed by atoms with van der Waals surface area (Å²) in [6, 6.07) is 0. The van der Waals surface area contributed by atoms with Crippen molar-refractivity contribution >= 4 is 5.97 Å². The van der Waals surface area contributed by atoms with Crippen molar-refractivity contribution in [2.75, 3.05) is 0 Å². The van der Waals surface area contributed by atoms with Crippen LogP contribution >= 0.6 is 0 Å². The molecule has 0 heterocycles. The number of carbonyl (C=O) groups is 1. The monoisotopic (exact) mass is 653 g/mol. The average Bonchev–Trinajstić information content (AvgIpc) is 3.41. The van der Waals surface area contributed by atoms with E-state index in [2.05, 4.69) is 54.5 Å². The van der Waals surface area contributed by atoms with Crippen molar-refractivity contribution in [3.8, 4) is 0 Å². The first kappa shape index (κ1) is 39.0. The lowest BCUT2D eigenvalue weighted by Gasteiger charge is -2.58. The molecule has 3 saturated carbocycles. The minimum atomic E-state index is 0.0640. The molecule has 0 bridgehead atoms. The van der Waals surface area contributed by atoms with Crippen LogP contribution in [0.5, 0.6) is 0 Å². The van der Waals surface area contributed by atoms with Gasteiger partial charge in [0.05, 0.1) is 0 Å². The van der Waals surface area contributed by atoms with Crippen LogP contribution < -0.4 is 0 Å². The molecule has 0 aromatic carbocycles. The van der Waals surface area contributed by atoms with Gasteiger partial charge in [0.25, 0.3) is 0 Å². The normalized spacial score (nSPS) is 33.1. The zero-order valence-electron chi connectivity index (χ0n) is 32.7. The minimum absolute atomic E-state index is 0.0640. The number of allylic oxidation sites excluding steroid dienone is 1. The van der Waals surface area contributed by atoms with E-state index < -0.39 is 0 Å². The Morgan fingerprint density at radius 2 is 1.43 bits per heavy atom. The quantitative estimate of drug-likeness (QED) is 0.0700. The molecule has 2 unspecified atom stereocenters. The van der Waals surface area contributed by atoms with Crippen molar-refractivity contribution in [3.63, 3.8) is 0 Å². The topological polar surface area (TPSA) is 26.3 Å². The molecule has 4 rings (SSSR count). The molecule has 0 amide bonds. The van der Waals surface area contributed by atoms with E-state index in [-0.39, 0.29) is 12.1 Å². The zero-order valence-corrected chi connectivity index (χ0v) is 32.7. The van der Waals surface area contributed by atoms with Crippen molar-refractivity contribution in [2.45, 2.75) is 215 Å². The highest BCUT2D eigenvalue weighted by Gasteiger charge is 2.59. The SMILES string of the molecule is CCCCCCCCCCCCCCCC(=O)O[C@H]1CC[C@@]2(C)C(=CCC3[C@@H]4CC[C@H]([C@H](C)CCC(CC)C(C)C)[C@@]4(C)CC[C@@H]32)C1. The maximum atomic E-state index is 12.8. The Kier molecular flexibility index (Phi) is 15.8. The van der Waals surface area contributed by atoms with Gasteiger partial charge in [0.2, 0.25) is 0 Å². The first-order valence-corrected chi connectivity index (χ1v) is 21.5. The number of hydrogen-bond donors (Lipinski definition) is 0. The molecule has 9 atom stereocenters. The van der Waals surface area contributed by atoms with Crippen LogP contribution in [0.25, 0.3) is 0 Å². The third-order valence-electron chi connectivity index (χ3n) is 15.1. The third-order valence-corrected chi connectivity index (χ3v) is 15.1. The van der Waals surface area contributed by atoms with Gasteiger partial charge in [0, 0.05) is 12.8 Å². The van der Waals surface area contributed by atoms with Gasteiger partial charge < -0.3 is 4.74 Å². The van der Waals surface area contributed by atoms with Gasteiger partial charge in [-0.25, -0.2) is 0 Å². The summed E-state index contributed by atoms with van der Waals surface area (Å²) in [6.45, 7) is 17.5. The summed E-state index contributed by atoms with van der Waals surface area (Å²) in [6.07, 6.45) is 35.4. The lowest BCUT2D eigenvalue weighted by atomic mass is 9.47. The number of esters is 1. The van der Waals surface area contributed by atoms with Crippen LogP contribution in [0.15, 0.2) is 11.6 Å². The lowest BCUT2D eigenvalue weighted by molar-refractivity contribution is -0.151. The Morgan fingerprint density at radius 3 is 2.04 bits per heavy atom. The largest absolute Gasteiger partial charge is 0.462 e. The molecule has 4 aliphatic carbocycles. The highest BCUT2D eigenvalue weighted by atomic mass is 16.5. The molecular formula is C45H80O2. The predicted molar refractivity (Wildman–Crippen MR) is 202 cm³/mol. The number of ether oxygens (including phenoxy) is 1. The summed E-state index contributed by atoms with van der Waals surface area (Å²) in [5, 5.41) is 0. The van der Waals surface area contributed by atoms with Crippen molar-refractivity contribution in [3.05, 3.63) is 11.6 Å². The van der Waals surface area contributed by atoms with Gasteiger partial charge in [0.15, 0.2) is 0 Å². The van der Waals surface area contributed by atoms with Crippen LogP contribution in [0.3, 0.4) is 0 Å². The van der Waals surface area contributed by atoms with Crippen molar-refractivity contribution in [2.24, 2.45) is 52.3 Å². The molecule has 2 nitrogen and oxygen atoms in total. The van der Waals surface area contributed by atoms with Crippen LogP contribution in [0.2, 0.25) is 0 Å². The molecule has 0 radical (unpaired) electrons. The second kappa shape index (κ2) is 19.0. The van der Waals surface area contributed by atoms with E-state index in [0.29, 0.717) is 17.3 Å². The highest BCUT2D eigenvalue weighted by Crippen LogP contribution is 2.67. The number of fused-ring (bicyclic) bond motifs is 5. The average molecular weight is 653 g/mol. The Morgan fingerprint density at radius 1 is 0.787 bits per heavy atom. The van der Waals surface area contributed by atoms with Gasteiger partial charge in [-0.05, 0) is 110 Å². The molecule has 272 valence electrons. The molecule has 0 aromatic heterocycles. The summed E-state index contributed by atoms with van der Waals surface area (Å²) in [5.74, 6) is 6.18. The summed E-state index contributed by atoms with van der Waals surface area (Å²) in [7, 11) is 0. The molecule has 0 spiro atoms. The van der Waals surface area contributed by atoms with E-state index in [0.717, 1.165) is 60.7 Å². The maximum Gasteiger partial charge on any atom is 0.306 e. The van der Waals surface area contributed by atoms with Crippen LogP contribution in [0.4, 0.5) is 0 Å². The van der Waals surface area contributed by atoms with Crippen LogP contribution in [0, 0.1) is 52.3 Å². The maximum absolute atomic E-state index is 12.8. The van der Waals surface area contributed by atoms with Crippen LogP contribution in [-0.4, -0.2) is 12.1 Å². The molecule has 0 aliphatic heterocycles. The van der Waals surface area contributed by atoms with E-state index in [1.165, 1.54) is 135 Å². The Labute approximate surface area is 293 Å². The van der Waals surface area contributed by atoms with Gasteiger partial charge in [0.1, 0.15) is 6.10 Å². The smallest absolute Gasteiger partial charge is 0.306 e. The first-order chi connectivity index (χ1) is 22.6. The van der Waals surface area contributed by atoms with Gasteiger partial charge in [-0.15, -0.1) is 0 Å². The summed E-state index contributed by atoms with van der Waals surface area (Å²) >= 11 is 0. The summed E-state index contributed by atoms with van der Waals surface area (Å²) in [5.41, 5.74) is 2.52. The molecule has 47 heavy (non-hydrogen) atoms. The Bertz CT molecular complexity index is 950. The van der Waals surface area contributed by atoms with Crippen molar-refractivity contribution < 1.29 is 9.53 Å². The van der Waals surface area contributed by atoms with Gasteiger partial charge in [-0.3, -0.25) is 4.79 Å². The number of hydrogen-bond acceptors (Lipinski definition) is 2. The van der Waals surface area contributed by atoms with Crippen molar-refractivity contribution in [1.82, 2.24) is 0 Å². The summed E-state index contributed by atoms with van der Waals surface area (Å²) in [4.78, 5) is 12.8. The van der Waals surface area contributed by atoms with E-state index in [1.807, 2.05) is 0 Å². The van der Waals surface area contributed by atoms with Gasteiger partial charge >= 0.3 is 5.97 Å². The van der Waals surface area contributed by atoms with Crippen molar-refractivity contribution in [1.29, 1.82) is 0 Å². The number of unbranched alkanes of at least 4 members (excludes halogenated alkanes) is 12. The van der Waals surface area contributed by atoms with Crippen LogP contribution in [0.1, 0.15) is 209 Å². The molecular weight excluding hydrogens is 572 g/mol. The molecule has 2 heteroatoms. The number of rotatable bonds is 21. The fraction of sp³-hybridized carbons (Fsp3) is 0.933. The van der Waals surface area contributed by atoms with E-state index in [9.17, 15) is 4.79 Å². The van der Waals surface area contributed by atoms with Crippen LogP contribution in [-0.2, 0) is 9.53 Å². The molecule has 0 aromatic rings. The molecule has 0 saturated heterocycles. The second-order valence-corrected chi connectivity index (χ2v) is 18.3. The molecule has 0 N–H and O–H groups in total. The van der Waals surface area contributed by atoms with E-state index >= 15 is 0 Å².